The molecular weight excluding hydrogens is 377 g/mol. The second kappa shape index (κ2) is 8.42. The van der Waals surface area contributed by atoms with Gasteiger partial charge in [0.2, 0.25) is 5.75 Å². The van der Waals surface area contributed by atoms with E-state index in [1.54, 1.807) is 18.2 Å². The van der Waals surface area contributed by atoms with Crippen LogP contribution in [-0.2, 0) is 0 Å². The Morgan fingerprint density at radius 3 is 2.50 bits per heavy atom. The summed E-state index contributed by atoms with van der Waals surface area (Å²) in [5, 5.41) is 12.0. The fraction of sp³-hybridized carbons (Fsp3) is 0.250. The van der Waals surface area contributed by atoms with Gasteiger partial charge in [-0.15, -0.1) is 11.6 Å². The molecule has 0 aromatic heterocycles. The van der Waals surface area contributed by atoms with Crippen molar-refractivity contribution in [2.45, 2.75) is 19.4 Å². The van der Waals surface area contributed by atoms with E-state index in [-0.39, 0.29) is 23.4 Å². The summed E-state index contributed by atoms with van der Waals surface area (Å²) < 4.78 is 11.3. The lowest BCUT2D eigenvalue weighted by atomic mass is 10.2. The van der Waals surface area contributed by atoms with Gasteiger partial charge < -0.3 is 9.47 Å². The summed E-state index contributed by atoms with van der Waals surface area (Å²) >= 11 is 17.7. The van der Waals surface area contributed by atoms with Crippen LogP contribution in [0.1, 0.15) is 13.3 Å². The van der Waals surface area contributed by atoms with Crippen molar-refractivity contribution in [1.82, 2.24) is 0 Å². The minimum Gasteiger partial charge on any atom is -0.482 e. The van der Waals surface area contributed by atoms with E-state index in [1.807, 2.05) is 6.92 Å². The first-order chi connectivity index (χ1) is 11.4. The molecule has 0 aliphatic carbocycles. The molecule has 2 rings (SSSR count). The zero-order valence-corrected chi connectivity index (χ0v) is 14.9. The van der Waals surface area contributed by atoms with Gasteiger partial charge in [-0.05, 0) is 30.7 Å². The lowest BCUT2D eigenvalue weighted by Gasteiger charge is -2.16. The van der Waals surface area contributed by atoms with Gasteiger partial charge in [-0.2, -0.15) is 0 Å². The average Bonchev–Trinajstić information content (AvgIpc) is 2.55. The van der Waals surface area contributed by atoms with Crippen molar-refractivity contribution in [3.8, 4) is 17.2 Å². The van der Waals surface area contributed by atoms with Gasteiger partial charge in [0.05, 0.1) is 15.8 Å². The molecule has 8 heteroatoms. The van der Waals surface area contributed by atoms with Crippen molar-refractivity contribution in [3.63, 3.8) is 0 Å². The summed E-state index contributed by atoms with van der Waals surface area (Å²) in [4.78, 5) is 10.6. The van der Waals surface area contributed by atoms with Crippen LogP contribution in [0.25, 0.3) is 0 Å². The van der Waals surface area contributed by atoms with Gasteiger partial charge in [0.1, 0.15) is 17.6 Å². The van der Waals surface area contributed by atoms with Crippen LogP contribution in [0.5, 0.6) is 17.2 Å². The predicted molar refractivity (Wildman–Crippen MR) is 95.1 cm³/mol. The Balaban J connectivity index is 2.32. The first-order valence-electron chi connectivity index (χ1n) is 7.08. The summed E-state index contributed by atoms with van der Waals surface area (Å²) in [5.41, 5.74) is -0.159. The number of nitro benzene ring substituents is 1. The van der Waals surface area contributed by atoms with E-state index in [0.717, 1.165) is 0 Å². The number of hydrogen-bond acceptors (Lipinski definition) is 4. The third kappa shape index (κ3) is 4.66. The molecule has 0 spiro atoms. The van der Waals surface area contributed by atoms with Gasteiger partial charge in [0, 0.05) is 17.2 Å². The maximum absolute atomic E-state index is 11.2. The molecule has 2 aromatic rings. The van der Waals surface area contributed by atoms with E-state index >= 15 is 0 Å². The van der Waals surface area contributed by atoms with Gasteiger partial charge in [-0.25, -0.2) is 0 Å². The van der Waals surface area contributed by atoms with Crippen molar-refractivity contribution in [2.75, 3.05) is 5.88 Å². The molecule has 5 nitrogen and oxygen atoms in total. The molecule has 128 valence electrons. The van der Waals surface area contributed by atoms with Crippen LogP contribution in [0.3, 0.4) is 0 Å². The van der Waals surface area contributed by atoms with Gasteiger partial charge in [0.25, 0.3) is 0 Å². The number of nitro groups is 1. The summed E-state index contributed by atoms with van der Waals surface area (Å²) in [5.74, 6) is 1.05. The van der Waals surface area contributed by atoms with Crippen molar-refractivity contribution < 1.29 is 14.4 Å². The fourth-order valence-electron chi connectivity index (χ4n) is 1.89. The molecule has 0 fully saturated rings. The van der Waals surface area contributed by atoms with E-state index in [9.17, 15) is 10.1 Å². The molecule has 2 aromatic carbocycles. The lowest BCUT2D eigenvalue weighted by molar-refractivity contribution is -0.386. The fourth-order valence-corrected chi connectivity index (χ4v) is 2.62. The van der Waals surface area contributed by atoms with Crippen LogP contribution in [-0.4, -0.2) is 16.9 Å². The molecule has 0 radical (unpaired) electrons. The number of rotatable bonds is 7. The molecule has 0 heterocycles. The molecule has 1 atom stereocenters. The summed E-state index contributed by atoms with van der Waals surface area (Å²) in [6, 6.07) is 9.01. The number of nitrogens with zero attached hydrogens (tertiary/aromatic N) is 1. The Bertz CT molecular complexity index is 735. The van der Waals surface area contributed by atoms with E-state index in [0.29, 0.717) is 28.0 Å². The molecule has 0 aliphatic rings. The standard InChI is InChI=1S/C16H14Cl3NO4/c1-2-11(9-17)23-16-8-12(4-5-14(16)20(21)22)24-15-6-3-10(18)7-13(15)19/h3-8,11H,2,9H2,1H3. The first kappa shape index (κ1) is 18.6. The third-order valence-electron chi connectivity index (χ3n) is 3.17. The highest BCUT2D eigenvalue weighted by Gasteiger charge is 2.20. The van der Waals surface area contributed by atoms with Gasteiger partial charge in [-0.1, -0.05) is 30.1 Å². The summed E-state index contributed by atoms with van der Waals surface area (Å²) in [6.07, 6.45) is 0.286. The number of ether oxygens (including phenoxy) is 2. The number of alkyl halides is 1. The molecular formula is C16H14Cl3NO4. The highest BCUT2D eigenvalue weighted by Crippen LogP contribution is 2.36. The number of hydrogen-bond donors (Lipinski definition) is 0. The second-order valence-electron chi connectivity index (χ2n) is 4.87. The Labute approximate surface area is 154 Å². The topological polar surface area (TPSA) is 61.6 Å². The van der Waals surface area contributed by atoms with E-state index in [1.165, 1.54) is 18.2 Å². The lowest BCUT2D eigenvalue weighted by Crippen LogP contribution is -2.17. The zero-order chi connectivity index (χ0) is 17.7. The van der Waals surface area contributed by atoms with Gasteiger partial charge in [0.15, 0.2) is 0 Å². The summed E-state index contributed by atoms with van der Waals surface area (Å²) in [7, 11) is 0. The van der Waals surface area contributed by atoms with Crippen LogP contribution < -0.4 is 9.47 Å². The molecule has 0 saturated carbocycles. The molecule has 24 heavy (non-hydrogen) atoms. The minimum absolute atomic E-state index is 0.0927. The highest BCUT2D eigenvalue weighted by molar-refractivity contribution is 6.35. The van der Waals surface area contributed by atoms with E-state index in [2.05, 4.69) is 0 Å². The van der Waals surface area contributed by atoms with Crippen molar-refractivity contribution in [1.29, 1.82) is 0 Å². The summed E-state index contributed by atoms with van der Waals surface area (Å²) in [6.45, 7) is 1.88. The molecule has 0 aliphatic heterocycles. The van der Waals surface area contributed by atoms with Crippen LogP contribution in [0.2, 0.25) is 10.0 Å². The van der Waals surface area contributed by atoms with Crippen LogP contribution in [0.15, 0.2) is 36.4 Å². The molecule has 1 unspecified atom stereocenters. The third-order valence-corrected chi connectivity index (χ3v) is 4.05. The molecule has 0 saturated heterocycles. The van der Waals surface area contributed by atoms with Crippen LogP contribution in [0, 0.1) is 10.1 Å². The number of benzene rings is 2. The normalized spacial score (nSPS) is 11.8. The smallest absolute Gasteiger partial charge is 0.311 e. The predicted octanol–water partition coefficient (Wildman–Crippen LogP) is 6.09. The minimum atomic E-state index is -0.519. The van der Waals surface area contributed by atoms with Crippen LogP contribution >= 0.6 is 34.8 Å². The highest BCUT2D eigenvalue weighted by atomic mass is 35.5. The Kier molecular flexibility index (Phi) is 6.54. The van der Waals surface area contributed by atoms with Crippen LogP contribution in [0.4, 0.5) is 5.69 Å². The quantitative estimate of drug-likeness (QED) is 0.326. The second-order valence-corrected chi connectivity index (χ2v) is 6.02. The number of halogens is 3. The van der Waals surface area contributed by atoms with Gasteiger partial charge >= 0.3 is 5.69 Å². The SMILES string of the molecule is CCC(CCl)Oc1cc(Oc2ccc(Cl)cc2Cl)ccc1[N+](=O)[O-]. The zero-order valence-electron chi connectivity index (χ0n) is 12.7. The molecule has 0 amide bonds. The van der Waals surface area contributed by atoms with Crippen molar-refractivity contribution in [2.24, 2.45) is 0 Å². The molecule has 0 N–H and O–H groups in total. The first-order valence-corrected chi connectivity index (χ1v) is 8.37. The Hall–Kier alpha value is -1.69. The van der Waals surface area contributed by atoms with Gasteiger partial charge in [-0.3, -0.25) is 10.1 Å². The largest absolute Gasteiger partial charge is 0.482 e. The monoisotopic (exact) mass is 389 g/mol. The molecule has 0 bridgehead atoms. The van der Waals surface area contributed by atoms with E-state index < -0.39 is 4.92 Å². The Morgan fingerprint density at radius 2 is 1.92 bits per heavy atom. The Morgan fingerprint density at radius 1 is 1.17 bits per heavy atom. The maximum atomic E-state index is 11.2. The van der Waals surface area contributed by atoms with Crippen molar-refractivity contribution in [3.05, 3.63) is 56.6 Å². The average molecular weight is 391 g/mol. The van der Waals surface area contributed by atoms with E-state index in [4.69, 9.17) is 44.3 Å². The van der Waals surface area contributed by atoms with Crippen molar-refractivity contribution >= 4 is 40.5 Å². The maximum Gasteiger partial charge on any atom is 0.311 e.